The molecule has 2 unspecified atom stereocenters. The zero-order chi connectivity index (χ0) is 33.0. The number of pyridine rings is 1. The van der Waals surface area contributed by atoms with E-state index in [1.165, 1.54) is 6.42 Å². The lowest BCUT2D eigenvalue weighted by Gasteiger charge is -2.28. The predicted molar refractivity (Wildman–Crippen MR) is 188 cm³/mol. The highest BCUT2D eigenvalue weighted by Gasteiger charge is 2.46. The van der Waals surface area contributed by atoms with Gasteiger partial charge in [-0.15, -0.1) is 0 Å². The Labute approximate surface area is 286 Å². The van der Waals surface area contributed by atoms with Crippen molar-refractivity contribution in [3.63, 3.8) is 0 Å². The van der Waals surface area contributed by atoms with E-state index in [9.17, 15) is 9.59 Å². The number of imidazole rings is 1. The molecular formula is C37H42Cl2N6O2. The quantitative estimate of drug-likeness (QED) is 0.207. The molecule has 1 aliphatic heterocycles. The Morgan fingerprint density at radius 3 is 2.43 bits per heavy atom. The van der Waals surface area contributed by atoms with Crippen LogP contribution in [0.5, 0.6) is 0 Å². The minimum Gasteiger partial charge on any atom is -0.370 e. The van der Waals surface area contributed by atoms with Crippen molar-refractivity contribution in [2.75, 3.05) is 18.0 Å². The molecule has 2 aliphatic carbocycles. The highest BCUT2D eigenvalue weighted by atomic mass is 35.5. The minimum absolute atomic E-state index is 0.00825. The molecule has 2 amide bonds. The summed E-state index contributed by atoms with van der Waals surface area (Å²) in [6.45, 7) is 8.33. The number of hydrogen-bond acceptors (Lipinski definition) is 5. The van der Waals surface area contributed by atoms with Crippen molar-refractivity contribution in [1.29, 1.82) is 0 Å². The summed E-state index contributed by atoms with van der Waals surface area (Å²) in [5.41, 5.74) is 7.08. The van der Waals surface area contributed by atoms with Crippen LogP contribution in [0.1, 0.15) is 88.1 Å². The van der Waals surface area contributed by atoms with Crippen molar-refractivity contribution in [2.45, 2.75) is 71.9 Å². The molecule has 4 aromatic rings. The van der Waals surface area contributed by atoms with Crippen molar-refractivity contribution >= 4 is 51.7 Å². The van der Waals surface area contributed by atoms with Gasteiger partial charge in [-0.3, -0.25) is 9.59 Å². The van der Waals surface area contributed by atoms with Gasteiger partial charge in [0.05, 0.1) is 27.3 Å². The number of halogens is 2. The summed E-state index contributed by atoms with van der Waals surface area (Å²) in [5.74, 6) is 2.72. The third-order valence-corrected chi connectivity index (χ3v) is 11.2. The van der Waals surface area contributed by atoms with Crippen LogP contribution in [0.2, 0.25) is 10.0 Å². The van der Waals surface area contributed by atoms with Crippen molar-refractivity contribution < 1.29 is 9.59 Å². The van der Waals surface area contributed by atoms with Crippen molar-refractivity contribution in [2.24, 2.45) is 24.8 Å². The number of amides is 2. The molecule has 2 atom stereocenters. The topological polar surface area (TPSA) is 92.2 Å². The van der Waals surface area contributed by atoms with Gasteiger partial charge in [0.15, 0.2) is 0 Å². The second-order valence-corrected chi connectivity index (χ2v) is 14.9. The zero-order valence-corrected chi connectivity index (χ0v) is 29.0. The molecule has 0 bridgehead atoms. The van der Waals surface area contributed by atoms with Gasteiger partial charge in [-0.05, 0) is 111 Å². The van der Waals surface area contributed by atoms with Crippen LogP contribution in [0, 0.1) is 31.6 Å². The van der Waals surface area contributed by atoms with Gasteiger partial charge in [0.25, 0.3) is 11.8 Å². The fraction of sp³-hybridized carbons (Fsp3) is 0.459. The van der Waals surface area contributed by atoms with E-state index in [4.69, 9.17) is 28.2 Å². The summed E-state index contributed by atoms with van der Waals surface area (Å²) in [6, 6.07) is 11.7. The normalized spacial score (nSPS) is 22.0. The van der Waals surface area contributed by atoms with E-state index in [-0.39, 0.29) is 24.4 Å². The van der Waals surface area contributed by atoms with Gasteiger partial charge in [0.1, 0.15) is 11.5 Å². The zero-order valence-electron chi connectivity index (χ0n) is 27.5. The number of aromatic nitrogens is 3. The number of benzene rings is 2. The van der Waals surface area contributed by atoms with Crippen LogP contribution in [0.15, 0.2) is 36.4 Å². The lowest BCUT2D eigenvalue weighted by molar-refractivity contribution is 0.0921. The maximum Gasteiger partial charge on any atom is 0.270 e. The van der Waals surface area contributed by atoms with Crippen molar-refractivity contribution in [1.82, 2.24) is 25.2 Å². The number of aryl methyl sites for hydroxylation is 3. The SMILES string of the molecule is Cc1cc(C)nc(C(=O)NCc2ccc(Cl)c(Cc3nc4cc(C(=O)NC5CCC(C)CC5)c(N5CC6CC6C5)cc4n3C)c2Cl)c1. The molecule has 2 aromatic carbocycles. The van der Waals surface area contributed by atoms with E-state index >= 15 is 0 Å². The molecule has 246 valence electrons. The number of hydrogen-bond donors (Lipinski definition) is 2. The molecule has 8 nitrogen and oxygen atoms in total. The van der Waals surface area contributed by atoms with Gasteiger partial charge in [0.2, 0.25) is 0 Å². The van der Waals surface area contributed by atoms with Gasteiger partial charge in [-0.25, -0.2) is 9.97 Å². The van der Waals surface area contributed by atoms with Crippen LogP contribution in [0.4, 0.5) is 5.69 Å². The standard InChI is InChI=1S/C37H42Cl2N6O2/c1-20-5-8-26(9-6-20)42-36(46)28-14-30-33(16-32(28)45-18-24-13-25(24)19-45)44(4)34(43-30)15-27-29(38)10-7-23(35(27)39)17-40-37(47)31-12-21(2)11-22(3)41-31/h7,10-12,14,16,20,24-26H,5-6,8-9,13,15,17-19H2,1-4H3,(H,40,47)(H,42,46). The Bertz CT molecular complexity index is 1850. The maximum absolute atomic E-state index is 13.8. The number of nitrogens with one attached hydrogen (secondary N) is 2. The van der Waals surface area contributed by atoms with Crippen molar-refractivity contribution in [3.05, 3.63) is 85.9 Å². The molecule has 7 rings (SSSR count). The van der Waals surface area contributed by atoms with Gasteiger partial charge in [0, 0.05) is 49.9 Å². The Morgan fingerprint density at radius 1 is 0.957 bits per heavy atom. The molecule has 3 aliphatic rings. The molecular weight excluding hydrogens is 631 g/mol. The van der Waals surface area contributed by atoms with Gasteiger partial charge < -0.3 is 20.1 Å². The molecule has 0 spiro atoms. The summed E-state index contributed by atoms with van der Waals surface area (Å²) in [5, 5.41) is 7.34. The number of carbonyl (C=O) groups is 2. The van der Waals surface area contributed by atoms with E-state index in [2.05, 4.69) is 38.1 Å². The average molecular weight is 674 g/mol. The molecule has 3 fully saturated rings. The summed E-state index contributed by atoms with van der Waals surface area (Å²) < 4.78 is 2.08. The molecule has 2 aromatic heterocycles. The number of fused-ring (bicyclic) bond motifs is 2. The van der Waals surface area contributed by atoms with E-state index < -0.39 is 0 Å². The van der Waals surface area contributed by atoms with Gasteiger partial charge >= 0.3 is 0 Å². The molecule has 2 saturated carbocycles. The van der Waals surface area contributed by atoms with E-state index in [1.807, 2.05) is 45.2 Å². The highest BCUT2D eigenvalue weighted by molar-refractivity contribution is 6.36. The fourth-order valence-corrected chi connectivity index (χ4v) is 8.04. The minimum atomic E-state index is -0.260. The Morgan fingerprint density at radius 2 is 1.70 bits per heavy atom. The molecule has 1 saturated heterocycles. The van der Waals surface area contributed by atoms with Crippen LogP contribution in [-0.4, -0.2) is 45.5 Å². The lowest BCUT2D eigenvalue weighted by Crippen LogP contribution is -2.38. The molecule has 2 N–H and O–H groups in total. The van der Waals surface area contributed by atoms with Crippen LogP contribution in [0.25, 0.3) is 11.0 Å². The smallest absolute Gasteiger partial charge is 0.270 e. The van der Waals surface area contributed by atoms with Crippen molar-refractivity contribution in [3.8, 4) is 0 Å². The Hall–Kier alpha value is -3.62. The third kappa shape index (κ3) is 6.59. The van der Waals surface area contributed by atoms with Gasteiger partial charge in [-0.1, -0.05) is 36.2 Å². The lowest BCUT2D eigenvalue weighted by atomic mass is 9.87. The number of piperidine rings is 1. The van der Waals surface area contributed by atoms with E-state index in [0.29, 0.717) is 27.7 Å². The van der Waals surface area contributed by atoms with E-state index in [0.717, 1.165) is 101 Å². The first-order valence-corrected chi connectivity index (χ1v) is 17.5. The van der Waals surface area contributed by atoms with Crippen LogP contribution in [0.3, 0.4) is 0 Å². The number of carbonyl (C=O) groups excluding carboxylic acids is 2. The molecule has 0 radical (unpaired) electrons. The molecule has 3 heterocycles. The molecule has 47 heavy (non-hydrogen) atoms. The second-order valence-electron chi connectivity index (χ2n) is 14.1. The second kappa shape index (κ2) is 12.8. The third-order valence-electron chi connectivity index (χ3n) is 10.4. The van der Waals surface area contributed by atoms with Gasteiger partial charge in [-0.2, -0.15) is 0 Å². The number of rotatable bonds is 8. The monoisotopic (exact) mass is 672 g/mol. The predicted octanol–water partition coefficient (Wildman–Crippen LogP) is 7.18. The Balaban J connectivity index is 1.15. The van der Waals surface area contributed by atoms with E-state index in [1.54, 1.807) is 6.07 Å². The summed E-state index contributed by atoms with van der Waals surface area (Å²) in [7, 11) is 2.00. The van der Waals surface area contributed by atoms with Crippen LogP contribution in [-0.2, 0) is 20.0 Å². The van der Waals surface area contributed by atoms with Crippen LogP contribution < -0.4 is 15.5 Å². The summed E-state index contributed by atoms with van der Waals surface area (Å²) >= 11 is 13.7. The average Bonchev–Trinajstić information content (AvgIpc) is 3.52. The first-order valence-electron chi connectivity index (χ1n) is 16.8. The highest BCUT2D eigenvalue weighted by Crippen LogP contribution is 2.47. The van der Waals surface area contributed by atoms with Crippen LogP contribution >= 0.6 is 23.2 Å². The Kier molecular flexibility index (Phi) is 8.68. The first kappa shape index (κ1) is 32.0. The maximum atomic E-state index is 13.8. The molecule has 10 heteroatoms. The largest absolute Gasteiger partial charge is 0.370 e. The fourth-order valence-electron chi connectivity index (χ4n) is 7.47. The number of nitrogens with zero attached hydrogens (tertiary/aromatic N) is 4. The summed E-state index contributed by atoms with van der Waals surface area (Å²) in [4.78, 5) is 38.5. The summed E-state index contributed by atoms with van der Waals surface area (Å²) in [6.07, 6.45) is 6.05. The first-order chi connectivity index (χ1) is 22.5. The number of anilines is 1.